The second kappa shape index (κ2) is 6.11. The lowest BCUT2D eigenvalue weighted by atomic mass is 10.1. The summed E-state index contributed by atoms with van der Waals surface area (Å²) in [7, 11) is 3.61. The van der Waals surface area contributed by atoms with Crippen LogP contribution in [0.2, 0.25) is 0 Å². The van der Waals surface area contributed by atoms with Crippen LogP contribution in [0.4, 0.5) is 0 Å². The van der Waals surface area contributed by atoms with E-state index in [1.165, 1.54) is 16.3 Å². The molecule has 3 heteroatoms. The van der Waals surface area contributed by atoms with E-state index in [1.807, 2.05) is 6.92 Å². The van der Waals surface area contributed by atoms with Crippen LogP contribution in [0.5, 0.6) is 0 Å². The zero-order valence-electron chi connectivity index (χ0n) is 11.6. The van der Waals surface area contributed by atoms with E-state index in [4.69, 9.17) is 0 Å². The van der Waals surface area contributed by atoms with Gasteiger partial charge in [-0.1, -0.05) is 42.5 Å². The molecule has 0 aliphatic rings. The molecule has 0 bridgehead atoms. The van der Waals surface area contributed by atoms with Gasteiger partial charge in [-0.25, -0.2) is 0 Å². The predicted molar refractivity (Wildman–Crippen MR) is 83.4 cm³/mol. The van der Waals surface area contributed by atoms with Crippen LogP contribution in [-0.2, 0) is 10.5 Å². The van der Waals surface area contributed by atoms with E-state index in [1.54, 1.807) is 30.8 Å². The number of amides is 1. The molecule has 0 radical (unpaired) electrons. The summed E-state index contributed by atoms with van der Waals surface area (Å²) in [6, 6.07) is 14.7. The molecular formula is C16H19NOS. The molecule has 19 heavy (non-hydrogen) atoms. The first-order valence-electron chi connectivity index (χ1n) is 6.39. The number of thioether (sulfide) groups is 1. The Morgan fingerprint density at radius 1 is 1.16 bits per heavy atom. The van der Waals surface area contributed by atoms with Crippen LogP contribution in [0.3, 0.4) is 0 Å². The van der Waals surface area contributed by atoms with Crippen molar-refractivity contribution in [2.24, 2.45) is 0 Å². The molecule has 0 heterocycles. The highest BCUT2D eigenvalue weighted by molar-refractivity contribution is 7.99. The van der Waals surface area contributed by atoms with Crippen molar-refractivity contribution in [1.29, 1.82) is 0 Å². The van der Waals surface area contributed by atoms with E-state index >= 15 is 0 Å². The Balaban J connectivity index is 2.12. The molecule has 0 aliphatic heterocycles. The second-order valence-electron chi connectivity index (χ2n) is 4.82. The van der Waals surface area contributed by atoms with E-state index in [2.05, 4.69) is 42.5 Å². The molecule has 0 saturated heterocycles. The highest BCUT2D eigenvalue weighted by atomic mass is 32.2. The van der Waals surface area contributed by atoms with Crippen LogP contribution in [0.15, 0.2) is 42.5 Å². The fourth-order valence-electron chi connectivity index (χ4n) is 2.07. The summed E-state index contributed by atoms with van der Waals surface area (Å²) >= 11 is 1.69. The minimum absolute atomic E-state index is 0.00558. The van der Waals surface area contributed by atoms with Gasteiger partial charge in [-0.05, 0) is 23.3 Å². The lowest BCUT2D eigenvalue weighted by Gasteiger charge is -2.16. The fraction of sp³-hybridized carbons (Fsp3) is 0.312. The molecule has 0 aliphatic carbocycles. The van der Waals surface area contributed by atoms with Gasteiger partial charge in [0.05, 0.1) is 5.25 Å². The Kier molecular flexibility index (Phi) is 4.48. The molecule has 0 fully saturated rings. The molecule has 1 unspecified atom stereocenters. The zero-order chi connectivity index (χ0) is 13.8. The third kappa shape index (κ3) is 3.29. The summed E-state index contributed by atoms with van der Waals surface area (Å²) < 4.78 is 0. The molecule has 2 aromatic carbocycles. The van der Waals surface area contributed by atoms with Crippen LogP contribution in [-0.4, -0.2) is 30.2 Å². The first kappa shape index (κ1) is 13.9. The van der Waals surface area contributed by atoms with Crippen LogP contribution in [0, 0.1) is 0 Å². The van der Waals surface area contributed by atoms with E-state index in [-0.39, 0.29) is 11.2 Å². The molecule has 0 N–H and O–H groups in total. The topological polar surface area (TPSA) is 20.3 Å². The van der Waals surface area contributed by atoms with E-state index < -0.39 is 0 Å². The van der Waals surface area contributed by atoms with Gasteiger partial charge in [0.2, 0.25) is 5.91 Å². The number of nitrogens with zero attached hydrogens (tertiary/aromatic N) is 1. The van der Waals surface area contributed by atoms with Gasteiger partial charge in [0.15, 0.2) is 0 Å². The monoisotopic (exact) mass is 273 g/mol. The van der Waals surface area contributed by atoms with Crippen molar-refractivity contribution >= 4 is 28.4 Å². The Labute approximate surface area is 118 Å². The second-order valence-corrected chi connectivity index (χ2v) is 6.15. The number of rotatable bonds is 4. The summed E-state index contributed by atoms with van der Waals surface area (Å²) in [5.74, 6) is 1.03. The maximum atomic E-state index is 11.8. The Bertz CT molecular complexity index is 574. The van der Waals surface area contributed by atoms with Gasteiger partial charge in [0.1, 0.15) is 0 Å². The smallest absolute Gasteiger partial charge is 0.234 e. The average molecular weight is 273 g/mol. The summed E-state index contributed by atoms with van der Waals surface area (Å²) in [4.78, 5) is 13.5. The Morgan fingerprint density at radius 2 is 1.84 bits per heavy atom. The molecule has 1 atom stereocenters. The van der Waals surface area contributed by atoms with E-state index in [0.29, 0.717) is 0 Å². The SMILES string of the molecule is CC(SCc1cccc2ccccc12)C(=O)N(C)C. The van der Waals surface area contributed by atoms with Gasteiger partial charge >= 0.3 is 0 Å². The molecule has 0 spiro atoms. The van der Waals surface area contributed by atoms with Crippen molar-refractivity contribution in [3.8, 4) is 0 Å². The normalized spacial score (nSPS) is 12.4. The van der Waals surface area contributed by atoms with Gasteiger partial charge in [0, 0.05) is 19.8 Å². The number of hydrogen-bond donors (Lipinski definition) is 0. The van der Waals surface area contributed by atoms with Crippen molar-refractivity contribution in [2.45, 2.75) is 17.9 Å². The maximum Gasteiger partial charge on any atom is 0.234 e. The number of fused-ring (bicyclic) bond motifs is 1. The van der Waals surface area contributed by atoms with E-state index in [9.17, 15) is 4.79 Å². The van der Waals surface area contributed by atoms with Crippen molar-refractivity contribution in [3.63, 3.8) is 0 Å². The van der Waals surface area contributed by atoms with Crippen molar-refractivity contribution in [1.82, 2.24) is 4.90 Å². The van der Waals surface area contributed by atoms with Crippen molar-refractivity contribution in [3.05, 3.63) is 48.0 Å². The van der Waals surface area contributed by atoms with Gasteiger partial charge in [-0.15, -0.1) is 11.8 Å². The number of benzene rings is 2. The van der Waals surface area contributed by atoms with Crippen molar-refractivity contribution < 1.29 is 4.79 Å². The molecule has 2 rings (SSSR count). The van der Waals surface area contributed by atoms with Gasteiger partial charge < -0.3 is 4.90 Å². The molecule has 0 aromatic heterocycles. The molecule has 1 amide bonds. The lowest BCUT2D eigenvalue weighted by molar-refractivity contribution is -0.127. The summed E-state index contributed by atoms with van der Waals surface area (Å²) in [5.41, 5.74) is 1.29. The number of hydrogen-bond acceptors (Lipinski definition) is 2. The van der Waals surface area contributed by atoms with Gasteiger partial charge in [0.25, 0.3) is 0 Å². The average Bonchev–Trinajstić information content (AvgIpc) is 2.43. The van der Waals surface area contributed by atoms with Crippen LogP contribution < -0.4 is 0 Å². The lowest BCUT2D eigenvalue weighted by Crippen LogP contribution is -2.29. The van der Waals surface area contributed by atoms with Crippen molar-refractivity contribution in [2.75, 3.05) is 14.1 Å². The summed E-state index contributed by atoms with van der Waals surface area (Å²) in [6.45, 7) is 1.97. The number of carbonyl (C=O) groups excluding carboxylic acids is 1. The zero-order valence-corrected chi connectivity index (χ0v) is 12.4. The third-order valence-electron chi connectivity index (χ3n) is 3.16. The summed E-state index contributed by atoms with van der Waals surface area (Å²) in [6.07, 6.45) is 0. The highest BCUT2D eigenvalue weighted by Crippen LogP contribution is 2.25. The minimum atomic E-state index is -0.00558. The molecule has 2 nitrogen and oxygen atoms in total. The molecule has 100 valence electrons. The van der Waals surface area contributed by atoms with Gasteiger partial charge in [-0.2, -0.15) is 0 Å². The largest absolute Gasteiger partial charge is 0.348 e. The predicted octanol–water partition coefficient (Wildman–Crippen LogP) is 3.55. The number of carbonyl (C=O) groups is 1. The maximum absolute atomic E-state index is 11.8. The van der Waals surface area contributed by atoms with Crippen LogP contribution in [0.25, 0.3) is 10.8 Å². The Hall–Kier alpha value is -1.48. The Morgan fingerprint density at radius 3 is 2.58 bits per heavy atom. The fourth-order valence-corrected chi connectivity index (χ4v) is 3.10. The summed E-state index contributed by atoms with van der Waals surface area (Å²) in [5, 5.41) is 2.53. The molecule has 0 saturated carbocycles. The minimum Gasteiger partial charge on any atom is -0.348 e. The molecular weight excluding hydrogens is 254 g/mol. The third-order valence-corrected chi connectivity index (χ3v) is 4.34. The standard InChI is InChI=1S/C16H19NOS/c1-12(16(18)17(2)3)19-11-14-9-6-8-13-7-4-5-10-15(13)14/h4-10,12H,11H2,1-3H3. The van der Waals surface area contributed by atoms with Gasteiger partial charge in [-0.3, -0.25) is 4.79 Å². The molecule has 2 aromatic rings. The van der Waals surface area contributed by atoms with Crippen LogP contribution >= 0.6 is 11.8 Å². The van der Waals surface area contributed by atoms with E-state index in [0.717, 1.165) is 5.75 Å². The first-order valence-corrected chi connectivity index (χ1v) is 7.44. The quantitative estimate of drug-likeness (QED) is 0.849. The highest BCUT2D eigenvalue weighted by Gasteiger charge is 2.15. The van der Waals surface area contributed by atoms with Crippen LogP contribution in [0.1, 0.15) is 12.5 Å². The first-order chi connectivity index (χ1) is 9.09.